The normalized spacial score (nSPS) is 13.2. The fourth-order valence-corrected chi connectivity index (χ4v) is 0.910. The van der Waals surface area contributed by atoms with Gasteiger partial charge in [-0.1, -0.05) is 13.3 Å². The highest BCUT2D eigenvalue weighted by Crippen LogP contribution is 2.01. The zero-order valence-corrected chi connectivity index (χ0v) is 8.49. The molecule has 0 aromatic carbocycles. The summed E-state index contributed by atoms with van der Waals surface area (Å²) in [5.74, 6) is 0. The van der Waals surface area contributed by atoms with Crippen molar-refractivity contribution in [3.8, 4) is 0 Å². The van der Waals surface area contributed by atoms with Gasteiger partial charge >= 0.3 is 0 Å². The van der Waals surface area contributed by atoms with E-state index >= 15 is 0 Å². The Hall–Kier alpha value is -0.160. The Kier molecular flexibility index (Phi) is 9.80. The summed E-state index contributed by atoms with van der Waals surface area (Å²) in [7, 11) is 1.63. The number of aliphatic hydroxyl groups is 1. The van der Waals surface area contributed by atoms with E-state index < -0.39 is 0 Å². The Balaban J connectivity index is 3.17. The molecule has 1 atom stereocenters. The summed E-state index contributed by atoms with van der Waals surface area (Å²) in [5.41, 5.74) is 0. The molecule has 80 valence electrons. The Labute approximate surface area is 79.8 Å². The van der Waals surface area contributed by atoms with Crippen LogP contribution in [0.1, 0.15) is 19.8 Å². The quantitative estimate of drug-likeness (QED) is 0.433. The highest BCUT2D eigenvalue weighted by atomic mass is 16.7. The van der Waals surface area contributed by atoms with E-state index in [2.05, 4.69) is 6.92 Å². The molecule has 0 saturated carbocycles. The van der Waals surface area contributed by atoms with Gasteiger partial charge in [0.2, 0.25) is 0 Å². The lowest BCUT2D eigenvalue weighted by Gasteiger charge is -2.14. The molecule has 0 bridgehead atoms. The summed E-state index contributed by atoms with van der Waals surface area (Å²) < 4.78 is 15.4. The summed E-state index contributed by atoms with van der Waals surface area (Å²) in [6.07, 6.45) is 1.81. The molecule has 13 heavy (non-hydrogen) atoms. The number of methoxy groups -OCH3 is 1. The molecule has 0 aliphatic rings. The van der Waals surface area contributed by atoms with Gasteiger partial charge in [-0.25, -0.2) is 0 Å². The third kappa shape index (κ3) is 8.18. The molecule has 4 heteroatoms. The Morgan fingerprint density at radius 2 is 2.00 bits per heavy atom. The summed E-state index contributed by atoms with van der Waals surface area (Å²) >= 11 is 0. The zero-order chi connectivity index (χ0) is 9.94. The van der Waals surface area contributed by atoms with Crippen LogP contribution >= 0.6 is 0 Å². The van der Waals surface area contributed by atoms with Gasteiger partial charge in [-0.2, -0.15) is 0 Å². The number of aliphatic hydroxyl groups excluding tert-OH is 1. The minimum Gasteiger partial charge on any atom is -0.394 e. The van der Waals surface area contributed by atoms with Crippen LogP contribution in [-0.4, -0.2) is 44.9 Å². The lowest BCUT2D eigenvalue weighted by Crippen LogP contribution is -2.18. The first kappa shape index (κ1) is 12.8. The molecule has 0 fully saturated rings. The fourth-order valence-electron chi connectivity index (χ4n) is 0.910. The monoisotopic (exact) mass is 192 g/mol. The molecule has 0 saturated heterocycles. The van der Waals surface area contributed by atoms with Crippen molar-refractivity contribution < 1.29 is 19.3 Å². The van der Waals surface area contributed by atoms with Crippen molar-refractivity contribution in [3.63, 3.8) is 0 Å². The molecule has 1 N–H and O–H groups in total. The van der Waals surface area contributed by atoms with Crippen LogP contribution in [-0.2, 0) is 14.2 Å². The topological polar surface area (TPSA) is 47.9 Å². The van der Waals surface area contributed by atoms with Crippen LogP contribution in [0, 0.1) is 0 Å². The minimum absolute atomic E-state index is 0.0582. The molecule has 0 aliphatic heterocycles. The Bertz CT molecular complexity index is 97.6. The van der Waals surface area contributed by atoms with Crippen molar-refractivity contribution in [2.75, 3.05) is 33.5 Å². The molecule has 0 rings (SSSR count). The van der Waals surface area contributed by atoms with Crippen molar-refractivity contribution in [2.24, 2.45) is 0 Å². The second-order valence-corrected chi connectivity index (χ2v) is 2.66. The molecule has 0 spiro atoms. The van der Waals surface area contributed by atoms with Crippen LogP contribution in [0.5, 0.6) is 0 Å². The molecule has 4 nitrogen and oxygen atoms in total. The van der Waals surface area contributed by atoms with Gasteiger partial charge in [-0.3, -0.25) is 0 Å². The van der Waals surface area contributed by atoms with Crippen molar-refractivity contribution >= 4 is 0 Å². The maximum atomic E-state index is 8.41. The Morgan fingerprint density at radius 3 is 2.54 bits per heavy atom. The first-order valence-electron chi connectivity index (χ1n) is 4.68. The van der Waals surface area contributed by atoms with E-state index in [9.17, 15) is 0 Å². The predicted molar refractivity (Wildman–Crippen MR) is 49.6 cm³/mol. The molecule has 0 radical (unpaired) electrons. The molecular weight excluding hydrogens is 172 g/mol. The summed E-state index contributed by atoms with van der Waals surface area (Å²) in [6.45, 7) is 3.53. The minimum atomic E-state index is -0.122. The van der Waals surface area contributed by atoms with Crippen LogP contribution in [0.2, 0.25) is 0 Å². The average molecular weight is 192 g/mol. The van der Waals surface area contributed by atoms with Crippen molar-refractivity contribution in [1.29, 1.82) is 0 Å². The van der Waals surface area contributed by atoms with Gasteiger partial charge in [0.15, 0.2) is 6.29 Å². The third-order valence-corrected chi connectivity index (χ3v) is 1.55. The summed E-state index contributed by atoms with van der Waals surface area (Å²) in [5, 5.41) is 8.41. The highest BCUT2D eigenvalue weighted by Gasteiger charge is 2.04. The first-order valence-corrected chi connectivity index (χ1v) is 4.68. The van der Waals surface area contributed by atoms with Gasteiger partial charge in [0.1, 0.15) is 0 Å². The largest absolute Gasteiger partial charge is 0.394 e. The fraction of sp³-hybridized carbons (Fsp3) is 1.00. The number of hydrogen-bond acceptors (Lipinski definition) is 4. The molecule has 0 aromatic heterocycles. The van der Waals surface area contributed by atoms with Crippen LogP contribution in [0.25, 0.3) is 0 Å². The molecular formula is C9H20O4. The molecule has 0 aromatic rings. The lowest BCUT2D eigenvalue weighted by atomic mass is 10.3. The molecule has 1 unspecified atom stereocenters. The standard InChI is InChI=1S/C9H20O4/c1-3-4-9(11-2)13-8-7-12-6-5-10/h9-10H,3-8H2,1-2H3. The van der Waals surface area contributed by atoms with Gasteiger partial charge in [0.05, 0.1) is 26.4 Å². The van der Waals surface area contributed by atoms with Gasteiger partial charge in [0, 0.05) is 7.11 Å². The molecule has 0 heterocycles. The van der Waals surface area contributed by atoms with Crippen LogP contribution < -0.4 is 0 Å². The average Bonchev–Trinajstić information content (AvgIpc) is 2.16. The number of hydrogen-bond donors (Lipinski definition) is 1. The van der Waals surface area contributed by atoms with E-state index in [1.54, 1.807) is 7.11 Å². The lowest BCUT2D eigenvalue weighted by molar-refractivity contribution is -0.137. The smallest absolute Gasteiger partial charge is 0.157 e. The second kappa shape index (κ2) is 9.92. The molecule has 0 aliphatic carbocycles. The summed E-state index contributed by atoms with van der Waals surface area (Å²) in [6, 6.07) is 0. The maximum absolute atomic E-state index is 8.41. The van der Waals surface area contributed by atoms with E-state index in [1.807, 2.05) is 0 Å². The predicted octanol–water partition coefficient (Wildman–Crippen LogP) is 0.784. The second-order valence-electron chi connectivity index (χ2n) is 2.66. The van der Waals surface area contributed by atoms with E-state index in [-0.39, 0.29) is 12.9 Å². The van der Waals surface area contributed by atoms with Gasteiger partial charge in [-0.05, 0) is 6.42 Å². The van der Waals surface area contributed by atoms with E-state index in [4.69, 9.17) is 19.3 Å². The van der Waals surface area contributed by atoms with E-state index in [0.717, 1.165) is 12.8 Å². The van der Waals surface area contributed by atoms with Gasteiger partial charge in [-0.15, -0.1) is 0 Å². The maximum Gasteiger partial charge on any atom is 0.157 e. The van der Waals surface area contributed by atoms with Crippen LogP contribution in [0.4, 0.5) is 0 Å². The van der Waals surface area contributed by atoms with E-state index in [0.29, 0.717) is 19.8 Å². The van der Waals surface area contributed by atoms with E-state index in [1.165, 1.54) is 0 Å². The molecule has 0 amide bonds. The zero-order valence-electron chi connectivity index (χ0n) is 8.49. The van der Waals surface area contributed by atoms with Gasteiger partial charge < -0.3 is 19.3 Å². The number of ether oxygens (including phenoxy) is 3. The Morgan fingerprint density at radius 1 is 1.23 bits per heavy atom. The number of rotatable bonds is 9. The third-order valence-electron chi connectivity index (χ3n) is 1.55. The van der Waals surface area contributed by atoms with Crippen molar-refractivity contribution in [1.82, 2.24) is 0 Å². The van der Waals surface area contributed by atoms with Gasteiger partial charge in [0.25, 0.3) is 0 Å². The SMILES string of the molecule is CCCC(OC)OCCOCCO. The highest BCUT2D eigenvalue weighted by molar-refractivity contribution is 4.42. The van der Waals surface area contributed by atoms with Crippen LogP contribution in [0.15, 0.2) is 0 Å². The summed E-state index contributed by atoms with van der Waals surface area (Å²) in [4.78, 5) is 0. The van der Waals surface area contributed by atoms with Crippen molar-refractivity contribution in [2.45, 2.75) is 26.1 Å². The van der Waals surface area contributed by atoms with Crippen LogP contribution in [0.3, 0.4) is 0 Å². The first-order chi connectivity index (χ1) is 6.35. The van der Waals surface area contributed by atoms with Crippen molar-refractivity contribution in [3.05, 3.63) is 0 Å².